The van der Waals surface area contributed by atoms with Gasteiger partial charge in [-0.2, -0.15) is 0 Å². The predicted octanol–water partition coefficient (Wildman–Crippen LogP) is 1.52. The smallest absolute Gasteiger partial charge is 0.220 e. The number of nitrogens with one attached hydrogen (secondary N) is 1. The number of methoxy groups -OCH3 is 1. The number of carbonyl (C=O) groups is 1. The van der Waals surface area contributed by atoms with E-state index in [1.54, 1.807) is 6.07 Å². The third-order valence-corrected chi connectivity index (χ3v) is 4.46. The van der Waals surface area contributed by atoms with E-state index >= 15 is 0 Å². The van der Waals surface area contributed by atoms with Crippen LogP contribution < -0.4 is 20.7 Å². The molecule has 1 aromatic rings. The lowest BCUT2D eigenvalue weighted by atomic mass is 9.85. The highest BCUT2D eigenvalue weighted by Crippen LogP contribution is 2.35. The van der Waals surface area contributed by atoms with Gasteiger partial charge in [-0.05, 0) is 18.8 Å². The van der Waals surface area contributed by atoms with Crippen LogP contribution in [0.25, 0.3) is 0 Å². The van der Waals surface area contributed by atoms with Crippen molar-refractivity contribution in [2.24, 2.45) is 5.92 Å². The molecule has 1 aromatic carbocycles. The fourth-order valence-corrected chi connectivity index (χ4v) is 3.32. The molecule has 2 aliphatic rings. The van der Waals surface area contributed by atoms with Crippen LogP contribution in [0.4, 0.5) is 15.8 Å². The zero-order valence-electron chi connectivity index (χ0n) is 12.1. The highest BCUT2D eigenvalue weighted by molar-refractivity contribution is 5.77. The molecule has 0 saturated carbocycles. The normalized spacial score (nSPS) is 25.2. The summed E-state index contributed by atoms with van der Waals surface area (Å²) in [4.78, 5) is 13.6. The van der Waals surface area contributed by atoms with Crippen molar-refractivity contribution < 1.29 is 13.9 Å². The Morgan fingerprint density at radius 2 is 2.24 bits per heavy atom. The highest BCUT2D eigenvalue weighted by Gasteiger charge is 2.34. The van der Waals surface area contributed by atoms with Gasteiger partial charge in [-0.3, -0.25) is 4.79 Å². The Morgan fingerprint density at radius 1 is 1.43 bits per heavy atom. The number of rotatable bonds is 2. The van der Waals surface area contributed by atoms with Crippen molar-refractivity contribution in [1.29, 1.82) is 0 Å². The first kappa shape index (κ1) is 14.0. The summed E-state index contributed by atoms with van der Waals surface area (Å²) in [5.41, 5.74) is 7.19. The second-order valence-corrected chi connectivity index (χ2v) is 5.75. The van der Waals surface area contributed by atoms with Crippen molar-refractivity contribution in [3.63, 3.8) is 0 Å². The molecule has 2 aliphatic heterocycles. The summed E-state index contributed by atoms with van der Waals surface area (Å²) in [6.45, 7) is 1.62. The first-order chi connectivity index (χ1) is 10.1. The summed E-state index contributed by atoms with van der Waals surface area (Å²) in [6.07, 6.45) is 2.36. The molecule has 0 radical (unpaired) electrons. The second kappa shape index (κ2) is 5.42. The molecular weight excluding hydrogens is 273 g/mol. The number of halogens is 1. The SMILES string of the molecule is COc1cc(N2CCC3NC(=O)CCC3C2)c(N)cc1F. The number of nitrogens with zero attached hydrogens (tertiary/aromatic N) is 1. The van der Waals surface area contributed by atoms with Crippen LogP contribution in [-0.2, 0) is 4.79 Å². The molecule has 5 nitrogen and oxygen atoms in total. The monoisotopic (exact) mass is 293 g/mol. The summed E-state index contributed by atoms with van der Waals surface area (Å²) >= 11 is 0. The minimum absolute atomic E-state index is 0.146. The maximum Gasteiger partial charge on any atom is 0.220 e. The van der Waals surface area contributed by atoms with Gasteiger partial charge < -0.3 is 20.7 Å². The number of nitrogens with two attached hydrogens (primary N) is 1. The predicted molar refractivity (Wildman–Crippen MR) is 78.8 cm³/mol. The quantitative estimate of drug-likeness (QED) is 0.811. The molecule has 0 spiro atoms. The van der Waals surface area contributed by atoms with Crippen LogP contribution in [-0.4, -0.2) is 32.1 Å². The molecule has 3 rings (SSSR count). The van der Waals surface area contributed by atoms with Crippen molar-refractivity contribution in [1.82, 2.24) is 5.32 Å². The van der Waals surface area contributed by atoms with Crippen LogP contribution in [0, 0.1) is 11.7 Å². The standard InChI is InChI=1S/C15H20FN3O2/c1-21-14-7-13(11(17)6-10(14)16)19-5-4-12-9(8-19)2-3-15(20)18-12/h6-7,9,12H,2-5,8,17H2,1H3,(H,18,20). The number of piperidine rings is 2. The molecule has 6 heteroatoms. The fraction of sp³-hybridized carbons (Fsp3) is 0.533. The van der Waals surface area contributed by atoms with E-state index in [1.165, 1.54) is 13.2 Å². The van der Waals surface area contributed by atoms with Gasteiger partial charge >= 0.3 is 0 Å². The van der Waals surface area contributed by atoms with E-state index in [9.17, 15) is 9.18 Å². The molecule has 0 aliphatic carbocycles. The Balaban J connectivity index is 1.81. The van der Waals surface area contributed by atoms with Crippen molar-refractivity contribution in [3.8, 4) is 5.75 Å². The zero-order chi connectivity index (χ0) is 15.0. The minimum atomic E-state index is -0.446. The summed E-state index contributed by atoms with van der Waals surface area (Å²) in [5.74, 6) is 0.330. The first-order valence-electron chi connectivity index (χ1n) is 7.26. The average molecular weight is 293 g/mol. The molecule has 2 fully saturated rings. The van der Waals surface area contributed by atoms with Gasteiger partial charge in [0, 0.05) is 37.7 Å². The lowest BCUT2D eigenvalue weighted by Crippen LogP contribution is -2.54. The molecule has 2 heterocycles. The topological polar surface area (TPSA) is 67.6 Å². The molecule has 0 aromatic heterocycles. The number of hydrogen-bond acceptors (Lipinski definition) is 4. The molecular formula is C15H20FN3O2. The number of nitrogen functional groups attached to an aromatic ring is 1. The second-order valence-electron chi connectivity index (χ2n) is 5.75. The Labute approximate surface area is 123 Å². The van der Waals surface area contributed by atoms with Crippen LogP contribution in [0.1, 0.15) is 19.3 Å². The van der Waals surface area contributed by atoms with Gasteiger partial charge in [0.05, 0.1) is 18.5 Å². The van der Waals surface area contributed by atoms with Crippen molar-refractivity contribution >= 4 is 17.3 Å². The third-order valence-electron chi connectivity index (χ3n) is 4.46. The number of hydrogen-bond donors (Lipinski definition) is 2. The van der Waals surface area contributed by atoms with E-state index in [2.05, 4.69) is 10.2 Å². The van der Waals surface area contributed by atoms with Crippen LogP contribution in [0.15, 0.2) is 12.1 Å². The minimum Gasteiger partial charge on any atom is -0.494 e. The van der Waals surface area contributed by atoms with Crippen molar-refractivity contribution in [2.75, 3.05) is 30.8 Å². The lowest BCUT2D eigenvalue weighted by molar-refractivity contribution is -0.124. The number of benzene rings is 1. The molecule has 21 heavy (non-hydrogen) atoms. The van der Waals surface area contributed by atoms with Crippen LogP contribution in [0.2, 0.25) is 0 Å². The van der Waals surface area contributed by atoms with Gasteiger partial charge in [0.2, 0.25) is 5.91 Å². The van der Waals surface area contributed by atoms with E-state index < -0.39 is 5.82 Å². The third kappa shape index (κ3) is 2.62. The van der Waals surface area contributed by atoms with Crippen molar-refractivity contribution in [2.45, 2.75) is 25.3 Å². The molecule has 114 valence electrons. The van der Waals surface area contributed by atoms with Crippen LogP contribution in [0.3, 0.4) is 0 Å². The van der Waals surface area contributed by atoms with Crippen LogP contribution in [0.5, 0.6) is 5.75 Å². The number of anilines is 2. The average Bonchev–Trinajstić information content (AvgIpc) is 2.47. The Hall–Kier alpha value is -1.98. The van der Waals surface area contributed by atoms with E-state index in [1.807, 2.05) is 0 Å². The Bertz CT molecular complexity index is 564. The number of carbonyl (C=O) groups excluding carboxylic acids is 1. The summed E-state index contributed by atoms with van der Waals surface area (Å²) < 4.78 is 18.7. The maximum absolute atomic E-state index is 13.6. The maximum atomic E-state index is 13.6. The van der Waals surface area contributed by atoms with Gasteiger partial charge in [-0.15, -0.1) is 0 Å². The Kier molecular flexibility index (Phi) is 3.61. The first-order valence-corrected chi connectivity index (χ1v) is 7.26. The van der Waals surface area contributed by atoms with E-state index in [-0.39, 0.29) is 17.7 Å². The van der Waals surface area contributed by atoms with Gasteiger partial charge in [-0.25, -0.2) is 4.39 Å². The van der Waals surface area contributed by atoms with Crippen molar-refractivity contribution in [3.05, 3.63) is 17.9 Å². The fourth-order valence-electron chi connectivity index (χ4n) is 3.32. The van der Waals surface area contributed by atoms with E-state index in [0.29, 0.717) is 18.0 Å². The molecule has 2 unspecified atom stereocenters. The number of amides is 1. The Morgan fingerprint density at radius 3 is 3.00 bits per heavy atom. The molecule has 0 bridgehead atoms. The summed E-state index contributed by atoms with van der Waals surface area (Å²) in [7, 11) is 1.45. The number of fused-ring (bicyclic) bond motifs is 1. The molecule has 3 N–H and O–H groups in total. The van der Waals surface area contributed by atoms with Crippen LogP contribution >= 0.6 is 0 Å². The van der Waals surface area contributed by atoms with E-state index in [4.69, 9.17) is 10.5 Å². The molecule has 1 amide bonds. The number of ether oxygens (including phenoxy) is 1. The zero-order valence-corrected chi connectivity index (χ0v) is 12.1. The molecule has 2 saturated heterocycles. The lowest BCUT2D eigenvalue weighted by Gasteiger charge is -2.42. The van der Waals surface area contributed by atoms with Gasteiger partial charge in [-0.1, -0.05) is 0 Å². The largest absolute Gasteiger partial charge is 0.494 e. The van der Waals surface area contributed by atoms with Gasteiger partial charge in [0.15, 0.2) is 11.6 Å². The summed E-state index contributed by atoms with van der Waals surface area (Å²) in [5, 5.41) is 3.06. The van der Waals surface area contributed by atoms with Gasteiger partial charge in [0.25, 0.3) is 0 Å². The summed E-state index contributed by atoms with van der Waals surface area (Å²) in [6, 6.07) is 3.22. The van der Waals surface area contributed by atoms with E-state index in [0.717, 1.165) is 31.6 Å². The molecule has 2 atom stereocenters. The highest BCUT2D eigenvalue weighted by atomic mass is 19.1. The van der Waals surface area contributed by atoms with Gasteiger partial charge in [0.1, 0.15) is 0 Å².